The van der Waals surface area contributed by atoms with Crippen LogP contribution in [-0.2, 0) is 6.54 Å². The topological polar surface area (TPSA) is 75.4 Å². The van der Waals surface area contributed by atoms with Crippen LogP contribution in [0.1, 0.15) is 37.7 Å². The number of benzene rings is 1. The molecule has 1 aliphatic rings. The van der Waals surface area contributed by atoms with Gasteiger partial charge in [0.1, 0.15) is 5.82 Å². The molecule has 2 rings (SSSR count). The predicted octanol–water partition coefficient (Wildman–Crippen LogP) is 2.52. The van der Waals surface area contributed by atoms with Gasteiger partial charge in [0.2, 0.25) is 0 Å². The number of aliphatic hydroxyl groups excluding tert-OH is 1. The van der Waals surface area contributed by atoms with Crippen LogP contribution in [0.3, 0.4) is 0 Å². The first-order valence-corrected chi connectivity index (χ1v) is 6.84. The highest BCUT2D eigenvalue weighted by Gasteiger charge is 2.30. The van der Waals surface area contributed by atoms with Crippen LogP contribution in [-0.4, -0.2) is 22.2 Å². The van der Waals surface area contributed by atoms with Gasteiger partial charge in [0, 0.05) is 18.2 Å². The van der Waals surface area contributed by atoms with Gasteiger partial charge in [-0.05, 0) is 24.5 Å². The number of hydrogen-bond donors (Lipinski definition) is 2. The van der Waals surface area contributed by atoms with Crippen molar-refractivity contribution < 1.29 is 14.4 Å². The lowest BCUT2D eigenvalue weighted by molar-refractivity contribution is -0.385. The van der Waals surface area contributed by atoms with Gasteiger partial charge >= 0.3 is 0 Å². The van der Waals surface area contributed by atoms with Gasteiger partial charge in [-0.25, -0.2) is 4.39 Å². The molecule has 0 atom stereocenters. The molecule has 0 spiro atoms. The molecular weight excluding hydrogens is 263 g/mol. The fourth-order valence-electron chi connectivity index (χ4n) is 2.75. The van der Waals surface area contributed by atoms with Crippen molar-refractivity contribution in [2.75, 3.05) is 6.61 Å². The summed E-state index contributed by atoms with van der Waals surface area (Å²) in [4.78, 5) is 10.1. The second kappa shape index (κ2) is 6.28. The van der Waals surface area contributed by atoms with Gasteiger partial charge < -0.3 is 10.4 Å². The fraction of sp³-hybridized carbons (Fsp3) is 0.571. The third kappa shape index (κ3) is 3.52. The number of nitrogens with one attached hydrogen (secondary N) is 1. The fourth-order valence-corrected chi connectivity index (χ4v) is 2.75. The summed E-state index contributed by atoms with van der Waals surface area (Å²) in [5, 5.41) is 23.5. The Hall–Kier alpha value is -1.53. The molecule has 0 radical (unpaired) electrons. The molecule has 1 aromatic carbocycles. The highest BCUT2D eigenvalue weighted by molar-refractivity contribution is 5.35. The zero-order chi connectivity index (χ0) is 14.6. The zero-order valence-electron chi connectivity index (χ0n) is 11.3. The minimum Gasteiger partial charge on any atom is -0.394 e. The molecule has 1 saturated carbocycles. The first-order chi connectivity index (χ1) is 9.54. The van der Waals surface area contributed by atoms with E-state index >= 15 is 0 Å². The van der Waals surface area contributed by atoms with Crippen molar-refractivity contribution in [1.29, 1.82) is 0 Å². The Morgan fingerprint density at radius 2 is 2.00 bits per heavy atom. The van der Waals surface area contributed by atoms with E-state index in [1.165, 1.54) is 12.1 Å². The molecule has 0 aliphatic heterocycles. The molecule has 0 aromatic heterocycles. The first kappa shape index (κ1) is 14.9. The summed E-state index contributed by atoms with van der Waals surface area (Å²) in [5.74, 6) is -0.613. The van der Waals surface area contributed by atoms with Gasteiger partial charge in [-0.3, -0.25) is 10.1 Å². The Bertz CT molecular complexity index is 487. The van der Waals surface area contributed by atoms with E-state index in [0.29, 0.717) is 12.1 Å². The second-order valence-corrected chi connectivity index (χ2v) is 5.43. The Balaban J connectivity index is 2.07. The summed E-state index contributed by atoms with van der Waals surface area (Å²) in [5.41, 5.74) is -0.0575. The van der Waals surface area contributed by atoms with E-state index in [1.807, 2.05) is 0 Å². The minimum atomic E-state index is -0.613. The molecule has 0 heterocycles. The summed E-state index contributed by atoms with van der Waals surface area (Å²) in [7, 11) is 0. The van der Waals surface area contributed by atoms with Gasteiger partial charge in [0.15, 0.2) is 0 Å². The van der Waals surface area contributed by atoms with Crippen LogP contribution in [0, 0.1) is 15.9 Å². The maximum Gasteiger partial charge on any atom is 0.272 e. The van der Waals surface area contributed by atoms with Crippen molar-refractivity contribution in [3.8, 4) is 0 Å². The normalized spacial score (nSPS) is 17.9. The summed E-state index contributed by atoms with van der Waals surface area (Å²) >= 11 is 0. The Morgan fingerprint density at radius 1 is 1.30 bits per heavy atom. The lowest BCUT2D eigenvalue weighted by atomic mass is 9.82. The highest BCUT2D eigenvalue weighted by Crippen LogP contribution is 2.28. The van der Waals surface area contributed by atoms with Crippen LogP contribution < -0.4 is 5.32 Å². The lowest BCUT2D eigenvalue weighted by Crippen LogP contribution is -2.49. The van der Waals surface area contributed by atoms with Crippen molar-refractivity contribution in [3.63, 3.8) is 0 Å². The highest BCUT2D eigenvalue weighted by atomic mass is 19.1. The van der Waals surface area contributed by atoms with Crippen LogP contribution in [0.5, 0.6) is 0 Å². The number of hydrogen-bond acceptors (Lipinski definition) is 4. The molecular formula is C14H19FN2O3. The van der Waals surface area contributed by atoms with Crippen LogP contribution in [0.2, 0.25) is 0 Å². The van der Waals surface area contributed by atoms with E-state index in [1.54, 1.807) is 0 Å². The molecule has 1 fully saturated rings. The number of aliphatic hydroxyl groups is 1. The lowest BCUT2D eigenvalue weighted by Gasteiger charge is -2.36. The molecule has 110 valence electrons. The van der Waals surface area contributed by atoms with Gasteiger partial charge in [-0.2, -0.15) is 0 Å². The number of non-ortho nitro benzene ring substituents is 1. The molecule has 5 nitrogen and oxygen atoms in total. The SMILES string of the molecule is O=[N+]([O-])c1cc(F)cc(CNC2(CO)CCCCC2)c1. The maximum atomic E-state index is 13.3. The first-order valence-electron chi connectivity index (χ1n) is 6.84. The van der Waals surface area contributed by atoms with E-state index in [0.717, 1.165) is 38.2 Å². The Labute approximate surface area is 117 Å². The van der Waals surface area contributed by atoms with E-state index in [2.05, 4.69) is 5.32 Å². The summed E-state index contributed by atoms with van der Waals surface area (Å²) in [6.45, 7) is 0.351. The van der Waals surface area contributed by atoms with Gasteiger partial charge in [-0.1, -0.05) is 19.3 Å². The quantitative estimate of drug-likeness (QED) is 0.642. The van der Waals surface area contributed by atoms with E-state index in [9.17, 15) is 19.6 Å². The van der Waals surface area contributed by atoms with Gasteiger partial charge in [0.25, 0.3) is 5.69 Å². The third-order valence-electron chi connectivity index (χ3n) is 3.93. The van der Waals surface area contributed by atoms with Crippen LogP contribution in [0.4, 0.5) is 10.1 Å². The molecule has 0 bridgehead atoms. The molecule has 2 N–H and O–H groups in total. The number of halogens is 1. The molecule has 0 saturated heterocycles. The minimum absolute atomic E-state index is 0.0322. The Morgan fingerprint density at radius 3 is 2.60 bits per heavy atom. The van der Waals surface area contributed by atoms with Crippen LogP contribution in [0.25, 0.3) is 0 Å². The average molecular weight is 282 g/mol. The van der Waals surface area contributed by atoms with Crippen molar-refractivity contribution in [1.82, 2.24) is 5.32 Å². The molecule has 1 aromatic rings. The molecule has 6 heteroatoms. The number of nitro groups is 1. The van der Waals surface area contributed by atoms with Crippen molar-refractivity contribution in [2.45, 2.75) is 44.2 Å². The second-order valence-electron chi connectivity index (χ2n) is 5.43. The van der Waals surface area contributed by atoms with Gasteiger partial charge in [-0.15, -0.1) is 0 Å². The molecule has 0 unspecified atom stereocenters. The van der Waals surface area contributed by atoms with Crippen molar-refractivity contribution in [3.05, 3.63) is 39.7 Å². The number of rotatable bonds is 5. The maximum absolute atomic E-state index is 13.3. The average Bonchev–Trinajstić information content (AvgIpc) is 2.45. The van der Waals surface area contributed by atoms with E-state index in [4.69, 9.17) is 0 Å². The van der Waals surface area contributed by atoms with Crippen molar-refractivity contribution >= 4 is 5.69 Å². The predicted molar refractivity (Wildman–Crippen MR) is 72.8 cm³/mol. The molecule has 0 amide bonds. The summed E-state index contributed by atoms with van der Waals surface area (Å²) < 4.78 is 13.3. The van der Waals surface area contributed by atoms with Crippen molar-refractivity contribution in [2.24, 2.45) is 0 Å². The van der Waals surface area contributed by atoms with E-state index < -0.39 is 10.7 Å². The van der Waals surface area contributed by atoms with Crippen LogP contribution in [0.15, 0.2) is 18.2 Å². The standard InChI is InChI=1S/C14H19FN2O3/c15-12-6-11(7-13(8-12)17(19)20)9-16-14(10-18)4-2-1-3-5-14/h6-8,16,18H,1-5,9-10H2. The number of nitrogens with zero attached hydrogens (tertiary/aromatic N) is 1. The zero-order valence-corrected chi connectivity index (χ0v) is 11.3. The number of nitro benzene ring substituents is 1. The summed E-state index contributed by atoms with van der Waals surface area (Å²) in [6, 6.07) is 3.56. The summed E-state index contributed by atoms with van der Waals surface area (Å²) in [6.07, 6.45) is 5.02. The van der Waals surface area contributed by atoms with Crippen LogP contribution >= 0.6 is 0 Å². The third-order valence-corrected chi connectivity index (χ3v) is 3.93. The molecule has 20 heavy (non-hydrogen) atoms. The largest absolute Gasteiger partial charge is 0.394 e. The van der Waals surface area contributed by atoms with E-state index in [-0.39, 0.29) is 17.8 Å². The monoisotopic (exact) mass is 282 g/mol. The smallest absolute Gasteiger partial charge is 0.272 e. The Kier molecular flexibility index (Phi) is 4.67. The molecule has 1 aliphatic carbocycles. The van der Waals surface area contributed by atoms with Gasteiger partial charge in [0.05, 0.1) is 17.6 Å².